The molecule has 2 unspecified atom stereocenters. The number of carbonyl (C=O) groups is 1. The zero-order valence-corrected chi connectivity index (χ0v) is 15.3. The Bertz CT molecular complexity index is 587. The van der Waals surface area contributed by atoms with Crippen LogP contribution in [0.1, 0.15) is 41.6 Å². The number of benzene rings is 1. The largest absolute Gasteiger partial charge is 0.339 e. The van der Waals surface area contributed by atoms with Crippen LogP contribution in [0.2, 0.25) is 5.02 Å². The zero-order chi connectivity index (χ0) is 16.7. The Kier molecular flexibility index (Phi) is 4.70. The van der Waals surface area contributed by atoms with Crippen LogP contribution in [0, 0.1) is 18.8 Å². The minimum atomic E-state index is 0.0982. The van der Waals surface area contributed by atoms with Crippen molar-refractivity contribution in [3.05, 3.63) is 34.3 Å². The Hall–Kier alpha value is -1.06. The van der Waals surface area contributed by atoms with Gasteiger partial charge in [0.1, 0.15) is 0 Å². The van der Waals surface area contributed by atoms with Gasteiger partial charge in [0, 0.05) is 29.7 Å². The van der Waals surface area contributed by atoms with Gasteiger partial charge in [-0.1, -0.05) is 17.7 Å². The summed E-state index contributed by atoms with van der Waals surface area (Å²) < 4.78 is 0. The summed E-state index contributed by atoms with van der Waals surface area (Å²) in [7, 11) is 6.31. The van der Waals surface area contributed by atoms with E-state index in [1.165, 1.54) is 12.8 Å². The molecule has 126 valence electrons. The number of carbonyl (C=O) groups excluding carboxylic acids is 1. The van der Waals surface area contributed by atoms with Gasteiger partial charge in [-0.3, -0.25) is 4.79 Å². The molecule has 1 aromatic rings. The third kappa shape index (κ3) is 3.27. The quantitative estimate of drug-likeness (QED) is 0.838. The van der Waals surface area contributed by atoms with Gasteiger partial charge in [-0.2, -0.15) is 0 Å². The maximum atomic E-state index is 12.7. The lowest BCUT2D eigenvalue weighted by Gasteiger charge is -2.27. The first-order valence-electron chi connectivity index (χ1n) is 8.56. The predicted octanol–water partition coefficient (Wildman–Crippen LogP) is 3.84. The molecule has 2 saturated carbocycles. The zero-order valence-electron chi connectivity index (χ0n) is 14.6. The maximum Gasteiger partial charge on any atom is 0.253 e. The van der Waals surface area contributed by atoms with Crippen LogP contribution in [0.3, 0.4) is 0 Å². The van der Waals surface area contributed by atoms with Crippen molar-refractivity contribution in [1.82, 2.24) is 9.80 Å². The fraction of sp³-hybridized carbons (Fsp3) is 0.632. The summed E-state index contributed by atoms with van der Waals surface area (Å²) in [5.74, 6) is 1.66. The molecule has 0 N–H and O–H groups in total. The summed E-state index contributed by atoms with van der Waals surface area (Å²) in [4.78, 5) is 17.1. The van der Waals surface area contributed by atoms with Gasteiger partial charge in [0.25, 0.3) is 5.91 Å². The molecule has 3 nitrogen and oxygen atoms in total. The van der Waals surface area contributed by atoms with Crippen molar-refractivity contribution in [3.63, 3.8) is 0 Å². The molecular weight excluding hydrogens is 308 g/mol. The minimum Gasteiger partial charge on any atom is -0.339 e. The molecule has 0 saturated heterocycles. The number of hydrogen-bond acceptors (Lipinski definition) is 2. The molecule has 1 amide bonds. The molecule has 0 radical (unpaired) electrons. The second-order valence-electron chi connectivity index (χ2n) is 7.61. The van der Waals surface area contributed by atoms with Crippen molar-refractivity contribution in [2.45, 2.75) is 44.7 Å². The average Bonchev–Trinajstić information content (AvgIpc) is 3.07. The molecule has 0 aromatic heterocycles. The molecule has 3 rings (SSSR count). The van der Waals surface area contributed by atoms with Crippen LogP contribution in [-0.2, 0) is 0 Å². The van der Waals surface area contributed by atoms with Gasteiger partial charge in [0.05, 0.1) is 0 Å². The Labute approximate surface area is 144 Å². The second kappa shape index (κ2) is 6.45. The molecule has 0 bridgehead atoms. The molecule has 23 heavy (non-hydrogen) atoms. The van der Waals surface area contributed by atoms with Crippen LogP contribution in [0.15, 0.2) is 18.2 Å². The maximum absolute atomic E-state index is 12.7. The van der Waals surface area contributed by atoms with Gasteiger partial charge in [0.2, 0.25) is 0 Å². The normalized spacial score (nSPS) is 29.8. The molecule has 2 fully saturated rings. The number of hydrogen-bond donors (Lipinski definition) is 0. The Morgan fingerprint density at radius 2 is 1.61 bits per heavy atom. The van der Waals surface area contributed by atoms with Crippen LogP contribution in [0.25, 0.3) is 0 Å². The van der Waals surface area contributed by atoms with E-state index in [9.17, 15) is 4.79 Å². The van der Waals surface area contributed by atoms with E-state index in [0.29, 0.717) is 16.6 Å². The number of nitrogens with zero attached hydrogens (tertiary/aromatic N) is 2. The monoisotopic (exact) mass is 334 g/mol. The molecule has 1 aromatic carbocycles. The highest BCUT2D eigenvalue weighted by atomic mass is 35.5. The molecule has 4 atom stereocenters. The van der Waals surface area contributed by atoms with Gasteiger partial charge in [-0.05, 0) is 76.2 Å². The number of halogens is 1. The lowest BCUT2D eigenvalue weighted by molar-refractivity contribution is 0.0726. The van der Waals surface area contributed by atoms with Crippen molar-refractivity contribution in [2.24, 2.45) is 11.8 Å². The van der Waals surface area contributed by atoms with Crippen molar-refractivity contribution in [2.75, 3.05) is 21.1 Å². The third-order valence-corrected chi connectivity index (χ3v) is 6.39. The van der Waals surface area contributed by atoms with E-state index in [1.54, 1.807) is 6.07 Å². The standard InChI is InChI=1S/C19H27ClN2O/c1-12-5-6-13(11-18(12)20)19(23)22(4)17-9-14-7-16(21(2)3)8-15(14)10-17/h5-6,11,14-17H,7-10H2,1-4H3/t14-,15+,16?,17?. The molecule has 0 spiro atoms. The van der Waals surface area contributed by atoms with Gasteiger partial charge in [0.15, 0.2) is 0 Å². The third-order valence-electron chi connectivity index (χ3n) is 5.98. The van der Waals surface area contributed by atoms with Gasteiger partial charge in [-0.25, -0.2) is 0 Å². The highest BCUT2D eigenvalue weighted by Crippen LogP contribution is 2.46. The van der Waals surface area contributed by atoms with Crippen molar-refractivity contribution in [3.8, 4) is 0 Å². The van der Waals surface area contributed by atoms with E-state index in [-0.39, 0.29) is 5.91 Å². The number of fused-ring (bicyclic) bond motifs is 1. The summed E-state index contributed by atoms with van der Waals surface area (Å²) in [5, 5.41) is 0.668. The Morgan fingerprint density at radius 3 is 2.13 bits per heavy atom. The minimum absolute atomic E-state index is 0.0982. The topological polar surface area (TPSA) is 23.6 Å². The Balaban J connectivity index is 1.65. The lowest BCUT2D eigenvalue weighted by atomic mass is 10.0. The number of rotatable bonds is 3. The molecule has 4 heteroatoms. The summed E-state index contributed by atoms with van der Waals surface area (Å²) in [6.07, 6.45) is 4.87. The fourth-order valence-corrected chi connectivity index (χ4v) is 4.57. The van der Waals surface area contributed by atoms with Crippen LogP contribution in [0.5, 0.6) is 0 Å². The highest BCUT2D eigenvalue weighted by Gasteiger charge is 2.44. The number of aryl methyl sites for hydroxylation is 1. The molecule has 0 aliphatic heterocycles. The molecule has 2 aliphatic rings. The summed E-state index contributed by atoms with van der Waals surface area (Å²) in [6, 6.07) is 6.71. The van der Waals surface area contributed by atoms with E-state index < -0.39 is 0 Å². The van der Waals surface area contributed by atoms with E-state index in [1.807, 2.05) is 31.0 Å². The van der Waals surface area contributed by atoms with Gasteiger partial charge >= 0.3 is 0 Å². The fourth-order valence-electron chi connectivity index (χ4n) is 4.39. The van der Waals surface area contributed by atoms with Crippen LogP contribution in [-0.4, -0.2) is 48.9 Å². The van der Waals surface area contributed by atoms with Crippen molar-refractivity contribution in [1.29, 1.82) is 0 Å². The van der Waals surface area contributed by atoms with E-state index in [4.69, 9.17) is 11.6 Å². The number of amides is 1. The lowest BCUT2D eigenvalue weighted by Crippen LogP contribution is -2.36. The predicted molar refractivity (Wildman–Crippen MR) is 95.0 cm³/mol. The van der Waals surface area contributed by atoms with E-state index in [2.05, 4.69) is 19.0 Å². The average molecular weight is 335 g/mol. The van der Waals surface area contributed by atoms with E-state index >= 15 is 0 Å². The molecule has 2 aliphatic carbocycles. The molecular formula is C19H27ClN2O. The highest BCUT2D eigenvalue weighted by molar-refractivity contribution is 6.31. The summed E-state index contributed by atoms with van der Waals surface area (Å²) in [5.41, 5.74) is 1.71. The van der Waals surface area contributed by atoms with Crippen molar-refractivity contribution >= 4 is 17.5 Å². The molecule has 0 heterocycles. The van der Waals surface area contributed by atoms with E-state index in [0.717, 1.165) is 36.3 Å². The van der Waals surface area contributed by atoms with Crippen LogP contribution >= 0.6 is 11.6 Å². The Morgan fingerprint density at radius 1 is 1.04 bits per heavy atom. The first-order valence-corrected chi connectivity index (χ1v) is 8.94. The SMILES string of the molecule is Cc1ccc(C(=O)N(C)C2C[C@H]3CC(N(C)C)C[C@H]3C2)cc1Cl. The van der Waals surface area contributed by atoms with Crippen molar-refractivity contribution < 1.29 is 4.79 Å². The van der Waals surface area contributed by atoms with Crippen LogP contribution in [0.4, 0.5) is 0 Å². The second-order valence-corrected chi connectivity index (χ2v) is 8.02. The summed E-state index contributed by atoms with van der Waals surface area (Å²) >= 11 is 6.17. The van der Waals surface area contributed by atoms with Gasteiger partial charge in [-0.15, -0.1) is 0 Å². The summed E-state index contributed by atoms with van der Waals surface area (Å²) in [6.45, 7) is 1.96. The first kappa shape index (κ1) is 16.8. The smallest absolute Gasteiger partial charge is 0.253 e. The first-order chi connectivity index (χ1) is 10.9. The van der Waals surface area contributed by atoms with Crippen LogP contribution < -0.4 is 0 Å². The van der Waals surface area contributed by atoms with Gasteiger partial charge < -0.3 is 9.80 Å².